The lowest BCUT2D eigenvalue weighted by Gasteiger charge is -2.42. The van der Waals surface area contributed by atoms with Crippen molar-refractivity contribution in [3.8, 4) is 0 Å². The highest BCUT2D eigenvalue weighted by molar-refractivity contribution is 5.17. The molecule has 1 aromatic carbocycles. The van der Waals surface area contributed by atoms with Crippen molar-refractivity contribution in [2.45, 2.75) is 32.6 Å². The first kappa shape index (κ1) is 11.3. The molecule has 2 atom stereocenters. The lowest BCUT2D eigenvalue weighted by atomic mass is 9.67. The molecule has 1 saturated carbocycles. The molecule has 1 N–H and O–H groups in total. The van der Waals surface area contributed by atoms with Crippen LogP contribution in [-0.2, 0) is 6.42 Å². The van der Waals surface area contributed by atoms with Gasteiger partial charge in [0.25, 0.3) is 0 Å². The van der Waals surface area contributed by atoms with Gasteiger partial charge in [0, 0.05) is 0 Å². The number of rotatable bonds is 3. The van der Waals surface area contributed by atoms with Crippen LogP contribution >= 0.6 is 0 Å². The van der Waals surface area contributed by atoms with E-state index in [-0.39, 0.29) is 0 Å². The van der Waals surface area contributed by atoms with Gasteiger partial charge in [-0.2, -0.15) is 0 Å². The molecule has 0 spiro atoms. The fourth-order valence-corrected chi connectivity index (χ4v) is 3.56. The van der Waals surface area contributed by atoms with Crippen molar-refractivity contribution in [1.82, 2.24) is 5.32 Å². The molecule has 92 valence electrons. The minimum absolute atomic E-state index is 0.598. The Morgan fingerprint density at radius 1 is 1.24 bits per heavy atom. The Kier molecular flexibility index (Phi) is 2.96. The Morgan fingerprint density at radius 3 is 2.71 bits per heavy atom. The van der Waals surface area contributed by atoms with Crippen LogP contribution in [0, 0.1) is 17.3 Å². The van der Waals surface area contributed by atoms with Gasteiger partial charge in [0.1, 0.15) is 0 Å². The van der Waals surface area contributed by atoms with Crippen molar-refractivity contribution in [3.05, 3.63) is 35.9 Å². The third kappa shape index (κ3) is 2.26. The lowest BCUT2D eigenvalue weighted by molar-refractivity contribution is 0.101. The summed E-state index contributed by atoms with van der Waals surface area (Å²) in [6.07, 6.45) is 5.57. The molecule has 1 nitrogen and oxygen atoms in total. The SMILES string of the molecule is CC1(C2CC2)CCNCC1Cc1ccccc1. The summed E-state index contributed by atoms with van der Waals surface area (Å²) in [5.41, 5.74) is 2.11. The highest BCUT2D eigenvalue weighted by Gasteiger charge is 2.47. The molecule has 1 aliphatic carbocycles. The first-order valence-corrected chi connectivity index (χ1v) is 7.04. The molecular weight excluding hydrogens is 206 g/mol. The van der Waals surface area contributed by atoms with E-state index in [9.17, 15) is 0 Å². The largest absolute Gasteiger partial charge is 0.316 e. The highest BCUT2D eigenvalue weighted by atomic mass is 14.9. The van der Waals surface area contributed by atoms with Gasteiger partial charge in [-0.1, -0.05) is 37.3 Å². The zero-order chi connectivity index (χ0) is 11.7. The molecule has 0 bridgehead atoms. The van der Waals surface area contributed by atoms with E-state index in [1.165, 1.54) is 44.3 Å². The summed E-state index contributed by atoms with van der Waals surface area (Å²) in [7, 11) is 0. The topological polar surface area (TPSA) is 12.0 Å². The normalized spacial score (nSPS) is 33.6. The fourth-order valence-electron chi connectivity index (χ4n) is 3.56. The molecule has 0 amide bonds. The number of hydrogen-bond donors (Lipinski definition) is 1. The number of benzene rings is 1. The van der Waals surface area contributed by atoms with Gasteiger partial charge in [0.2, 0.25) is 0 Å². The summed E-state index contributed by atoms with van der Waals surface area (Å²) >= 11 is 0. The van der Waals surface area contributed by atoms with Gasteiger partial charge in [-0.05, 0) is 61.6 Å². The molecular formula is C16H23N. The van der Waals surface area contributed by atoms with Gasteiger partial charge in [-0.25, -0.2) is 0 Å². The van der Waals surface area contributed by atoms with E-state index in [1.807, 2.05) is 0 Å². The van der Waals surface area contributed by atoms with Gasteiger partial charge < -0.3 is 5.32 Å². The molecule has 1 heterocycles. The minimum atomic E-state index is 0.598. The summed E-state index contributed by atoms with van der Waals surface area (Å²) in [5.74, 6) is 1.84. The van der Waals surface area contributed by atoms with E-state index >= 15 is 0 Å². The van der Waals surface area contributed by atoms with Gasteiger partial charge in [0.15, 0.2) is 0 Å². The second-order valence-corrected chi connectivity index (χ2v) is 6.12. The smallest absolute Gasteiger partial charge is 0.00120 e. The first-order valence-electron chi connectivity index (χ1n) is 7.04. The highest BCUT2D eigenvalue weighted by Crippen LogP contribution is 2.53. The average molecular weight is 229 g/mol. The molecule has 2 fully saturated rings. The summed E-state index contributed by atoms with van der Waals surface area (Å²) in [6, 6.07) is 11.0. The van der Waals surface area contributed by atoms with E-state index in [0.29, 0.717) is 5.41 Å². The van der Waals surface area contributed by atoms with Crippen LogP contribution in [0.2, 0.25) is 0 Å². The average Bonchev–Trinajstić information content (AvgIpc) is 3.18. The lowest BCUT2D eigenvalue weighted by Crippen LogP contribution is -2.45. The monoisotopic (exact) mass is 229 g/mol. The van der Waals surface area contributed by atoms with Crippen LogP contribution in [0.25, 0.3) is 0 Å². The summed E-state index contributed by atoms with van der Waals surface area (Å²) < 4.78 is 0. The quantitative estimate of drug-likeness (QED) is 0.839. The Labute approximate surface area is 105 Å². The van der Waals surface area contributed by atoms with Crippen LogP contribution in [-0.4, -0.2) is 13.1 Å². The molecule has 1 aliphatic heterocycles. The van der Waals surface area contributed by atoms with E-state index in [0.717, 1.165) is 11.8 Å². The standard InChI is InChI=1S/C16H23N/c1-16(14-7-8-14)9-10-17-12-15(16)11-13-5-3-2-4-6-13/h2-6,14-15,17H,7-12H2,1H3. The Hall–Kier alpha value is -0.820. The third-order valence-corrected chi connectivity index (χ3v) is 5.00. The van der Waals surface area contributed by atoms with Crippen LogP contribution in [0.3, 0.4) is 0 Å². The van der Waals surface area contributed by atoms with Gasteiger partial charge >= 0.3 is 0 Å². The zero-order valence-electron chi connectivity index (χ0n) is 10.8. The molecule has 0 aromatic heterocycles. The Bertz CT molecular complexity index is 368. The number of piperidine rings is 1. The predicted octanol–water partition coefficient (Wildman–Crippen LogP) is 3.25. The molecule has 1 aromatic rings. The first-order chi connectivity index (χ1) is 8.29. The molecule has 1 saturated heterocycles. The Balaban J connectivity index is 1.75. The van der Waals surface area contributed by atoms with E-state index in [1.54, 1.807) is 0 Å². The summed E-state index contributed by atoms with van der Waals surface area (Å²) in [6.45, 7) is 4.97. The van der Waals surface area contributed by atoms with Crippen molar-refractivity contribution in [1.29, 1.82) is 0 Å². The Morgan fingerprint density at radius 2 is 2.00 bits per heavy atom. The molecule has 2 aliphatic rings. The summed E-state index contributed by atoms with van der Waals surface area (Å²) in [4.78, 5) is 0. The van der Waals surface area contributed by atoms with Crippen molar-refractivity contribution in [3.63, 3.8) is 0 Å². The van der Waals surface area contributed by atoms with Gasteiger partial charge in [-0.15, -0.1) is 0 Å². The van der Waals surface area contributed by atoms with Gasteiger partial charge in [0.05, 0.1) is 0 Å². The molecule has 1 heteroatoms. The van der Waals surface area contributed by atoms with E-state index in [4.69, 9.17) is 0 Å². The second kappa shape index (κ2) is 4.45. The molecule has 0 radical (unpaired) electrons. The van der Waals surface area contributed by atoms with Gasteiger partial charge in [-0.3, -0.25) is 0 Å². The number of hydrogen-bond acceptors (Lipinski definition) is 1. The molecule has 17 heavy (non-hydrogen) atoms. The van der Waals surface area contributed by atoms with Crippen LogP contribution in [0.4, 0.5) is 0 Å². The summed E-state index contributed by atoms with van der Waals surface area (Å²) in [5, 5.41) is 3.59. The van der Waals surface area contributed by atoms with Crippen LogP contribution in [0.1, 0.15) is 31.7 Å². The van der Waals surface area contributed by atoms with Crippen molar-refractivity contribution in [2.75, 3.05) is 13.1 Å². The van der Waals surface area contributed by atoms with Crippen molar-refractivity contribution in [2.24, 2.45) is 17.3 Å². The second-order valence-electron chi connectivity index (χ2n) is 6.12. The molecule has 3 rings (SSSR count). The molecule has 2 unspecified atom stereocenters. The fraction of sp³-hybridized carbons (Fsp3) is 0.625. The number of nitrogens with one attached hydrogen (secondary N) is 1. The van der Waals surface area contributed by atoms with Crippen molar-refractivity contribution >= 4 is 0 Å². The predicted molar refractivity (Wildman–Crippen MR) is 72.0 cm³/mol. The van der Waals surface area contributed by atoms with Crippen LogP contribution in [0.5, 0.6) is 0 Å². The minimum Gasteiger partial charge on any atom is -0.316 e. The van der Waals surface area contributed by atoms with E-state index in [2.05, 4.69) is 42.6 Å². The maximum Gasteiger partial charge on any atom is -0.00120 e. The maximum atomic E-state index is 3.59. The van der Waals surface area contributed by atoms with Crippen molar-refractivity contribution < 1.29 is 0 Å². The third-order valence-electron chi connectivity index (χ3n) is 5.00. The van der Waals surface area contributed by atoms with Crippen LogP contribution < -0.4 is 5.32 Å². The van der Waals surface area contributed by atoms with E-state index < -0.39 is 0 Å². The maximum absolute atomic E-state index is 3.59. The zero-order valence-corrected chi connectivity index (χ0v) is 10.8. The van der Waals surface area contributed by atoms with Crippen LogP contribution in [0.15, 0.2) is 30.3 Å².